The van der Waals surface area contributed by atoms with Crippen LogP contribution in [0.5, 0.6) is 11.5 Å². The maximum atomic E-state index is 12.1. The molecule has 0 radical (unpaired) electrons. The molecule has 1 atom stereocenters. The van der Waals surface area contributed by atoms with Crippen molar-refractivity contribution in [3.05, 3.63) is 23.8 Å². The first-order valence-electron chi connectivity index (χ1n) is 6.49. The molecule has 1 aliphatic heterocycles. The first-order valence-corrected chi connectivity index (χ1v) is 7.54. The summed E-state index contributed by atoms with van der Waals surface area (Å²) in [4.78, 5) is 14.3. The quantitative estimate of drug-likeness (QED) is 0.654. The van der Waals surface area contributed by atoms with E-state index < -0.39 is 0 Å². The predicted octanol–water partition coefficient (Wildman–Crippen LogP) is 2.11. The highest BCUT2D eigenvalue weighted by Crippen LogP contribution is 2.26. The van der Waals surface area contributed by atoms with Crippen molar-refractivity contribution in [2.45, 2.75) is 18.6 Å². The fourth-order valence-corrected chi connectivity index (χ4v) is 3.41. The van der Waals surface area contributed by atoms with E-state index >= 15 is 0 Å². The minimum atomic E-state index is -0.244. The average molecular weight is 281 g/mol. The van der Waals surface area contributed by atoms with Crippen molar-refractivity contribution in [1.29, 1.82) is 0 Å². The Kier molecular flexibility index (Phi) is 4.71. The highest BCUT2D eigenvalue weighted by atomic mass is 32.2. The summed E-state index contributed by atoms with van der Waals surface area (Å²) in [6.07, 6.45) is 1.12. The van der Waals surface area contributed by atoms with E-state index in [-0.39, 0.29) is 17.3 Å². The molecule has 19 heavy (non-hydrogen) atoms. The van der Waals surface area contributed by atoms with Gasteiger partial charge in [0.15, 0.2) is 17.3 Å². The summed E-state index contributed by atoms with van der Waals surface area (Å²) in [7, 11) is 0. The van der Waals surface area contributed by atoms with Gasteiger partial charge in [-0.3, -0.25) is 9.69 Å². The van der Waals surface area contributed by atoms with Crippen molar-refractivity contribution < 1.29 is 15.0 Å². The Hall–Kier alpha value is -1.20. The van der Waals surface area contributed by atoms with Gasteiger partial charge in [0.1, 0.15) is 0 Å². The molecule has 0 bridgehead atoms. The Bertz CT molecular complexity index is 464. The Balaban J connectivity index is 1.98. The van der Waals surface area contributed by atoms with E-state index in [2.05, 4.69) is 11.8 Å². The maximum Gasteiger partial charge on any atom is 0.176 e. The highest BCUT2D eigenvalue weighted by molar-refractivity contribution is 8.00. The van der Waals surface area contributed by atoms with E-state index in [9.17, 15) is 15.0 Å². The van der Waals surface area contributed by atoms with Crippen LogP contribution in [-0.4, -0.2) is 51.5 Å². The van der Waals surface area contributed by atoms with Gasteiger partial charge in [0.25, 0.3) is 0 Å². The largest absolute Gasteiger partial charge is 0.504 e. The molecule has 0 spiro atoms. The van der Waals surface area contributed by atoms with Crippen LogP contribution < -0.4 is 0 Å². The molecule has 1 unspecified atom stereocenters. The second-order valence-corrected chi connectivity index (χ2v) is 6.17. The van der Waals surface area contributed by atoms with Gasteiger partial charge in [0.05, 0.1) is 6.54 Å². The number of rotatable bonds is 4. The van der Waals surface area contributed by atoms with E-state index in [0.717, 1.165) is 25.3 Å². The zero-order chi connectivity index (χ0) is 13.8. The van der Waals surface area contributed by atoms with Crippen LogP contribution in [0.15, 0.2) is 18.2 Å². The lowest BCUT2D eigenvalue weighted by atomic mass is 10.1. The van der Waals surface area contributed by atoms with Crippen LogP contribution in [0, 0.1) is 0 Å². The lowest BCUT2D eigenvalue weighted by Gasteiger charge is -2.31. The number of nitrogens with zero attached hydrogens (tertiary/aromatic N) is 1. The van der Waals surface area contributed by atoms with E-state index in [0.29, 0.717) is 17.4 Å². The van der Waals surface area contributed by atoms with Crippen LogP contribution in [-0.2, 0) is 0 Å². The monoisotopic (exact) mass is 281 g/mol. The summed E-state index contributed by atoms with van der Waals surface area (Å²) >= 11 is 1.97. The van der Waals surface area contributed by atoms with Crippen molar-refractivity contribution in [2.24, 2.45) is 0 Å². The molecule has 1 aromatic carbocycles. The maximum absolute atomic E-state index is 12.1. The fraction of sp³-hybridized carbons (Fsp3) is 0.500. The summed E-state index contributed by atoms with van der Waals surface area (Å²) in [6.45, 7) is 4.41. The van der Waals surface area contributed by atoms with Crippen LogP contribution in [0.3, 0.4) is 0 Å². The number of hydrogen-bond donors (Lipinski definition) is 2. The van der Waals surface area contributed by atoms with Crippen LogP contribution in [0.4, 0.5) is 0 Å². The smallest absolute Gasteiger partial charge is 0.176 e. The minimum absolute atomic E-state index is 0.0166. The Labute approximate surface area is 117 Å². The SMILES string of the molecule is CCC1CN(CC(=O)c2ccc(O)c(O)c2)CCS1. The normalized spacial score (nSPS) is 20.4. The zero-order valence-corrected chi connectivity index (χ0v) is 11.8. The molecule has 1 aliphatic rings. The molecule has 1 aromatic rings. The van der Waals surface area contributed by atoms with Crippen LogP contribution >= 0.6 is 11.8 Å². The molecule has 2 N–H and O–H groups in total. The van der Waals surface area contributed by atoms with Gasteiger partial charge < -0.3 is 10.2 Å². The van der Waals surface area contributed by atoms with E-state index in [1.165, 1.54) is 12.1 Å². The van der Waals surface area contributed by atoms with Crippen molar-refractivity contribution in [1.82, 2.24) is 4.90 Å². The van der Waals surface area contributed by atoms with Crippen LogP contribution in [0.25, 0.3) is 0 Å². The first kappa shape index (κ1) is 14.2. The highest BCUT2D eigenvalue weighted by Gasteiger charge is 2.21. The molecule has 5 heteroatoms. The molecule has 1 saturated heterocycles. The van der Waals surface area contributed by atoms with Gasteiger partial charge in [-0.15, -0.1) is 0 Å². The summed E-state index contributed by atoms with van der Waals surface area (Å²) in [5.41, 5.74) is 0.446. The minimum Gasteiger partial charge on any atom is -0.504 e. The van der Waals surface area contributed by atoms with Gasteiger partial charge in [-0.05, 0) is 24.6 Å². The Morgan fingerprint density at radius 2 is 2.21 bits per heavy atom. The molecule has 0 aliphatic carbocycles. The van der Waals surface area contributed by atoms with E-state index in [4.69, 9.17) is 0 Å². The van der Waals surface area contributed by atoms with Gasteiger partial charge >= 0.3 is 0 Å². The molecule has 104 valence electrons. The van der Waals surface area contributed by atoms with Gasteiger partial charge in [0.2, 0.25) is 0 Å². The lowest BCUT2D eigenvalue weighted by molar-refractivity contribution is 0.0932. The number of phenols is 2. The topological polar surface area (TPSA) is 60.8 Å². The number of thioether (sulfide) groups is 1. The van der Waals surface area contributed by atoms with Crippen molar-refractivity contribution in [2.75, 3.05) is 25.4 Å². The molecular formula is C14H19NO3S. The summed E-state index contributed by atoms with van der Waals surface area (Å²) < 4.78 is 0. The second-order valence-electron chi connectivity index (χ2n) is 4.76. The third-order valence-electron chi connectivity index (χ3n) is 3.34. The van der Waals surface area contributed by atoms with Crippen LogP contribution in [0.1, 0.15) is 23.7 Å². The summed E-state index contributed by atoms with van der Waals surface area (Å²) in [6, 6.07) is 4.23. The van der Waals surface area contributed by atoms with Crippen LogP contribution in [0.2, 0.25) is 0 Å². The number of phenolic OH excluding ortho intramolecular Hbond substituents is 2. The molecular weight excluding hydrogens is 262 g/mol. The molecule has 0 aromatic heterocycles. The summed E-state index contributed by atoms with van der Waals surface area (Å²) in [5.74, 6) is 0.604. The number of ketones is 1. The molecule has 0 amide bonds. The Morgan fingerprint density at radius 1 is 1.42 bits per heavy atom. The third kappa shape index (κ3) is 3.64. The van der Waals surface area contributed by atoms with Gasteiger partial charge in [-0.2, -0.15) is 11.8 Å². The van der Waals surface area contributed by atoms with Crippen molar-refractivity contribution >= 4 is 17.5 Å². The van der Waals surface area contributed by atoms with Crippen molar-refractivity contribution in [3.63, 3.8) is 0 Å². The van der Waals surface area contributed by atoms with E-state index in [1.54, 1.807) is 6.07 Å². The number of aromatic hydroxyl groups is 2. The number of benzene rings is 1. The number of hydrogen-bond acceptors (Lipinski definition) is 5. The number of carbonyl (C=O) groups excluding carboxylic acids is 1. The third-order valence-corrected chi connectivity index (χ3v) is 4.71. The van der Waals surface area contributed by atoms with Gasteiger partial charge in [-0.25, -0.2) is 0 Å². The molecule has 1 fully saturated rings. The van der Waals surface area contributed by atoms with Crippen molar-refractivity contribution in [3.8, 4) is 11.5 Å². The first-order chi connectivity index (χ1) is 9.10. The average Bonchev–Trinajstić information content (AvgIpc) is 2.42. The Morgan fingerprint density at radius 3 is 2.89 bits per heavy atom. The molecule has 4 nitrogen and oxygen atoms in total. The number of carbonyl (C=O) groups is 1. The molecule has 1 heterocycles. The fourth-order valence-electron chi connectivity index (χ4n) is 2.16. The number of Topliss-reactive ketones (excluding diaryl/α,β-unsaturated/α-hetero) is 1. The zero-order valence-electron chi connectivity index (χ0n) is 11.0. The second kappa shape index (κ2) is 6.30. The lowest BCUT2D eigenvalue weighted by Crippen LogP contribution is -2.40. The standard InChI is InChI=1S/C14H19NO3S/c1-2-11-8-15(5-6-19-11)9-14(18)10-3-4-12(16)13(17)7-10/h3-4,7,11,16-17H,2,5-6,8-9H2,1H3. The molecule has 0 saturated carbocycles. The van der Waals surface area contributed by atoms with E-state index in [1.807, 2.05) is 11.8 Å². The summed E-state index contributed by atoms with van der Waals surface area (Å²) in [5, 5.41) is 19.3. The van der Waals surface area contributed by atoms with Gasteiger partial charge in [0, 0.05) is 29.7 Å². The molecule has 2 rings (SSSR count). The predicted molar refractivity (Wildman–Crippen MR) is 77.1 cm³/mol. The van der Waals surface area contributed by atoms with Gasteiger partial charge in [-0.1, -0.05) is 6.92 Å².